The topological polar surface area (TPSA) is 81.2 Å². The van der Waals surface area contributed by atoms with Gasteiger partial charge in [-0.2, -0.15) is 16.7 Å². The summed E-state index contributed by atoms with van der Waals surface area (Å²) in [5, 5.41) is 14.8. The smallest absolute Gasteiger partial charge is 0.295 e. The van der Waals surface area contributed by atoms with Gasteiger partial charge < -0.3 is 9.73 Å². The van der Waals surface area contributed by atoms with Crippen LogP contribution in [-0.4, -0.2) is 27.0 Å². The summed E-state index contributed by atoms with van der Waals surface area (Å²) < 4.78 is 5.58. The summed E-state index contributed by atoms with van der Waals surface area (Å²) in [7, 11) is 0. The third-order valence-corrected chi connectivity index (χ3v) is 4.93. The zero-order valence-electron chi connectivity index (χ0n) is 11.7. The van der Waals surface area contributed by atoms with E-state index in [1.54, 1.807) is 6.07 Å². The lowest BCUT2D eigenvalue weighted by Crippen LogP contribution is -2.16. The molecule has 0 radical (unpaired) electrons. The number of nitro benzene ring substituents is 1. The second-order valence-electron chi connectivity index (χ2n) is 5.16. The van der Waals surface area contributed by atoms with Crippen LogP contribution in [0.3, 0.4) is 0 Å². The monoisotopic (exact) mass is 307 g/mol. The van der Waals surface area contributed by atoms with Gasteiger partial charge in [0.05, 0.1) is 11.0 Å². The molecule has 3 rings (SSSR count). The van der Waals surface area contributed by atoms with Gasteiger partial charge in [-0.15, -0.1) is 0 Å². The van der Waals surface area contributed by atoms with Crippen LogP contribution in [0.4, 0.5) is 11.7 Å². The number of rotatable bonds is 5. The van der Waals surface area contributed by atoms with E-state index < -0.39 is 4.92 Å². The van der Waals surface area contributed by atoms with E-state index in [1.165, 1.54) is 18.6 Å². The van der Waals surface area contributed by atoms with E-state index in [9.17, 15) is 10.1 Å². The molecule has 0 spiro atoms. The molecule has 6 nitrogen and oxygen atoms in total. The number of aromatic nitrogens is 1. The van der Waals surface area contributed by atoms with Crippen molar-refractivity contribution in [2.75, 3.05) is 11.1 Å². The van der Waals surface area contributed by atoms with Crippen LogP contribution in [0.5, 0.6) is 0 Å². The summed E-state index contributed by atoms with van der Waals surface area (Å²) in [6, 6.07) is 5.30. The van der Waals surface area contributed by atoms with Gasteiger partial charge >= 0.3 is 0 Å². The molecule has 0 saturated heterocycles. The Bertz CT molecular complexity index is 658. The average Bonchev–Trinajstić information content (AvgIpc) is 3.04. The van der Waals surface area contributed by atoms with Gasteiger partial charge in [0, 0.05) is 17.4 Å². The summed E-state index contributed by atoms with van der Waals surface area (Å²) in [6.07, 6.45) is 3.43. The molecule has 1 N–H and O–H groups in total. The first-order chi connectivity index (χ1) is 10.2. The molecule has 1 aromatic carbocycles. The average molecular weight is 307 g/mol. The number of nitrogens with one attached hydrogen (secondary N) is 1. The molecule has 112 valence electrons. The van der Waals surface area contributed by atoms with Gasteiger partial charge in [0.2, 0.25) is 0 Å². The zero-order chi connectivity index (χ0) is 14.8. The number of anilines is 1. The molecule has 1 aromatic heterocycles. The molecule has 2 aromatic rings. The molecule has 0 bridgehead atoms. The van der Waals surface area contributed by atoms with Gasteiger partial charge in [-0.25, -0.2) is 0 Å². The van der Waals surface area contributed by atoms with Gasteiger partial charge in [0.25, 0.3) is 11.7 Å². The Morgan fingerprint density at radius 2 is 2.38 bits per heavy atom. The van der Waals surface area contributed by atoms with Crippen molar-refractivity contribution < 1.29 is 9.34 Å². The second kappa shape index (κ2) is 5.93. The minimum absolute atomic E-state index is 0.0190. The largest absolute Gasteiger partial charge is 0.423 e. The number of hydrogen-bond acceptors (Lipinski definition) is 6. The first-order valence-corrected chi connectivity index (χ1v) is 8.13. The van der Waals surface area contributed by atoms with Crippen LogP contribution in [0.25, 0.3) is 11.1 Å². The molecule has 0 amide bonds. The van der Waals surface area contributed by atoms with Crippen LogP contribution < -0.4 is 5.32 Å². The summed E-state index contributed by atoms with van der Waals surface area (Å²) in [6.45, 7) is 2.18. The molecule has 1 heterocycles. The van der Waals surface area contributed by atoms with Crippen molar-refractivity contribution in [2.24, 2.45) is 0 Å². The number of thioether (sulfide) groups is 1. The maximum atomic E-state index is 10.8. The Balaban J connectivity index is 1.72. The normalized spacial score (nSPS) is 21.8. The van der Waals surface area contributed by atoms with Crippen LogP contribution in [0.2, 0.25) is 0 Å². The number of hydrogen-bond donors (Lipinski definition) is 1. The molecular formula is C14H17N3O3S. The summed E-state index contributed by atoms with van der Waals surface area (Å²) in [5.41, 5.74) is 1.11. The third kappa shape index (κ3) is 3.12. The van der Waals surface area contributed by atoms with E-state index in [1.807, 2.05) is 11.8 Å². The quantitative estimate of drug-likeness (QED) is 0.668. The standard InChI is InChI=1S/C14H17N3O3S/c1-2-21-11-5-3-9(7-11)15-14-16-12-6-4-10(17(18)19)8-13(12)20-14/h4,6,8-9,11H,2-3,5,7H2,1H3,(H,15,16). The fourth-order valence-electron chi connectivity index (χ4n) is 2.72. The van der Waals surface area contributed by atoms with E-state index >= 15 is 0 Å². The maximum Gasteiger partial charge on any atom is 0.295 e. The Morgan fingerprint density at radius 1 is 1.52 bits per heavy atom. The Morgan fingerprint density at radius 3 is 3.14 bits per heavy atom. The van der Waals surface area contributed by atoms with E-state index in [0.29, 0.717) is 28.4 Å². The Kier molecular flexibility index (Phi) is 4.01. The fourth-order valence-corrected chi connectivity index (χ4v) is 3.86. The molecule has 2 atom stereocenters. The molecule has 0 aliphatic heterocycles. The van der Waals surface area contributed by atoms with Crippen LogP contribution in [-0.2, 0) is 0 Å². The lowest BCUT2D eigenvalue weighted by Gasteiger charge is -2.10. The van der Waals surface area contributed by atoms with Crippen LogP contribution in [0, 0.1) is 10.1 Å². The predicted octanol–water partition coefficient (Wildman–Crippen LogP) is 3.82. The SMILES string of the molecule is CCSC1CCC(Nc2nc3ccc([N+](=O)[O-])cc3o2)C1. The second-order valence-corrected chi connectivity index (χ2v) is 6.74. The Hall–Kier alpha value is -1.76. The number of nitrogens with zero attached hydrogens (tertiary/aromatic N) is 2. The van der Waals surface area contributed by atoms with Crippen molar-refractivity contribution >= 4 is 34.6 Å². The zero-order valence-corrected chi connectivity index (χ0v) is 12.6. The van der Waals surface area contributed by atoms with Crippen molar-refractivity contribution in [3.63, 3.8) is 0 Å². The van der Waals surface area contributed by atoms with E-state index in [0.717, 1.165) is 18.6 Å². The van der Waals surface area contributed by atoms with Crippen molar-refractivity contribution in [1.29, 1.82) is 0 Å². The van der Waals surface area contributed by atoms with Crippen molar-refractivity contribution in [2.45, 2.75) is 37.5 Å². The summed E-state index contributed by atoms with van der Waals surface area (Å²) in [4.78, 5) is 14.7. The number of non-ortho nitro benzene ring substituents is 1. The molecule has 1 fully saturated rings. The number of oxazole rings is 1. The highest BCUT2D eigenvalue weighted by Crippen LogP contribution is 2.32. The highest BCUT2D eigenvalue weighted by atomic mass is 32.2. The first-order valence-electron chi connectivity index (χ1n) is 7.09. The minimum atomic E-state index is -0.432. The van der Waals surface area contributed by atoms with E-state index in [-0.39, 0.29) is 5.69 Å². The number of nitro groups is 1. The number of fused-ring (bicyclic) bond motifs is 1. The van der Waals surface area contributed by atoms with Crippen LogP contribution >= 0.6 is 11.8 Å². The Labute approximate surface area is 126 Å². The van der Waals surface area contributed by atoms with Gasteiger partial charge in [0.1, 0.15) is 5.52 Å². The maximum absolute atomic E-state index is 10.8. The molecular weight excluding hydrogens is 290 g/mol. The molecule has 2 unspecified atom stereocenters. The fraction of sp³-hybridized carbons (Fsp3) is 0.500. The van der Waals surface area contributed by atoms with Crippen molar-refractivity contribution in [3.05, 3.63) is 28.3 Å². The first kappa shape index (κ1) is 14.2. The molecule has 21 heavy (non-hydrogen) atoms. The molecule has 1 aliphatic carbocycles. The highest BCUT2D eigenvalue weighted by molar-refractivity contribution is 7.99. The van der Waals surface area contributed by atoms with Crippen LogP contribution in [0.1, 0.15) is 26.2 Å². The molecule has 1 aliphatic rings. The third-order valence-electron chi connectivity index (χ3n) is 3.70. The molecule has 1 saturated carbocycles. The lowest BCUT2D eigenvalue weighted by molar-refractivity contribution is -0.384. The summed E-state index contributed by atoms with van der Waals surface area (Å²) in [5.74, 6) is 1.14. The van der Waals surface area contributed by atoms with Crippen molar-refractivity contribution in [3.8, 4) is 0 Å². The van der Waals surface area contributed by atoms with E-state index in [4.69, 9.17) is 4.42 Å². The predicted molar refractivity (Wildman–Crippen MR) is 83.8 cm³/mol. The van der Waals surface area contributed by atoms with Crippen molar-refractivity contribution in [1.82, 2.24) is 4.98 Å². The van der Waals surface area contributed by atoms with Gasteiger partial charge in [-0.05, 0) is 31.1 Å². The molecule has 7 heteroatoms. The summed E-state index contributed by atoms with van der Waals surface area (Å²) >= 11 is 2.00. The number of benzene rings is 1. The van der Waals surface area contributed by atoms with Gasteiger partial charge in [-0.3, -0.25) is 10.1 Å². The van der Waals surface area contributed by atoms with Gasteiger partial charge in [0.15, 0.2) is 5.58 Å². The van der Waals surface area contributed by atoms with Gasteiger partial charge in [-0.1, -0.05) is 6.92 Å². The highest BCUT2D eigenvalue weighted by Gasteiger charge is 2.25. The minimum Gasteiger partial charge on any atom is -0.423 e. The van der Waals surface area contributed by atoms with E-state index in [2.05, 4.69) is 17.2 Å². The van der Waals surface area contributed by atoms with Crippen LogP contribution in [0.15, 0.2) is 22.6 Å². The lowest BCUT2D eigenvalue weighted by atomic mass is 10.3.